The normalized spacial score (nSPS) is 15.5. The van der Waals surface area contributed by atoms with E-state index < -0.39 is 4.92 Å². The maximum absolute atomic E-state index is 10.9. The van der Waals surface area contributed by atoms with Crippen LogP contribution in [0.3, 0.4) is 0 Å². The fourth-order valence-electron chi connectivity index (χ4n) is 1.56. The molecule has 84 valence electrons. The van der Waals surface area contributed by atoms with Gasteiger partial charge in [0.2, 0.25) is 0 Å². The predicted octanol–water partition coefficient (Wildman–Crippen LogP) is 1.66. The number of hydrogen-bond donors (Lipinski definition) is 2. The SMILES string of the molecule is N=C1SCCN1c1ccc(N)cc1[N+](=O)[O-]. The fourth-order valence-corrected chi connectivity index (χ4v) is 2.37. The van der Waals surface area contributed by atoms with E-state index in [1.165, 1.54) is 17.8 Å². The molecule has 1 aromatic carbocycles. The Bertz CT molecular complexity index is 463. The molecule has 1 saturated heterocycles. The van der Waals surface area contributed by atoms with Gasteiger partial charge in [0.25, 0.3) is 5.69 Å². The molecule has 16 heavy (non-hydrogen) atoms. The summed E-state index contributed by atoms with van der Waals surface area (Å²) in [5.41, 5.74) is 6.26. The van der Waals surface area contributed by atoms with Gasteiger partial charge < -0.3 is 10.6 Å². The molecule has 0 aliphatic carbocycles. The molecular weight excluding hydrogens is 228 g/mol. The molecule has 3 N–H and O–H groups in total. The van der Waals surface area contributed by atoms with Crippen LogP contribution in [-0.2, 0) is 0 Å². The van der Waals surface area contributed by atoms with E-state index in [0.717, 1.165) is 5.75 Å². The Hall–Kier alpha value is -1.76. The van der Waals surface area contributed by atoms with E-state index in [0.29, 0.717) is 23.1 Å². The minimum atomic E-state index is -0.470. The average molecular weight is 238 g/mol. The summed E-state index contributed by atoms with van der Waals surface area (Å²) in [6.45, 7) is 0.619. The number of rotatable bonds is 2. The molecule has 1 aromatic rings. The van der Waals surface area contributed by atoms with Crippen LogP contribution in [0.4, 0.5) is 17.1 Å². The number of nitrogens with two attached hydrogens (primary N) is 1. The molecule has 7 heteroatoms. The van der Waals surface area contributed by atoms with Crippen LogP contribution in [0, 0.1) is 15.5 Å². The topological polar surface area (TPSA) is 96.2 Å². The third-order valence-corrected chi connectivity index (χ3v) is 3.17. The molecule has 1 heterocycles. The second-order valence-corrected chi connectivity index (χ2v) is 4.39. The number of amidine groups is 1. The van der Waals surface area contributed by atoms with E-state index in [2.05, 4.69) is 0 Å². The number of nitro groups is 1. The summed E-state index contributed by atoms with van der Waals surface area (Å²) in [6.07, 6.45) is 0. The van der Waals surface area contributed by atoms with Crippen LogP contribution in [0.1, 0.15) is 0 Å². The summed E-state index contributed by atoms with van der Waals surface area (Å²) >= 11 is 1.38. The van der Waals surface area contributed by atoms with Gasteiger partial charge in [-0.1, -0.05) is 11.8 Å². The van der Waals surface area contributed by atoms with Crippen LogP contribution < -0.4 is 10.6 Å². The molecule has 0 bridgehead atoms. The summed E-state index contributed by atoms with van der Waals surface area (Å²) in [5, 5.41) is 18.9. The van der Waals surface area contributed by atoms with E-state index in [1.54, 1.807) is 17.0 Å². The van der Waals surface area contributed by atoms with Crippen molar-refractivity contribution in [3.63, 3.8) is 0 Å². The lowest BCUT2D eigenvalue weighted by atomic mass is 10.2. The van der Waals surface area contributed by atoms with Crippen molar-refractivity contribution in [1.82, 2.24) is 0 Å². The zero-order valence-corrected chi connectivity index (χ0v) is 9.16. The molecular formula is C9H10N4O2S. The van der Waals surface area contributed by atoms with Gasteiger partial charge in [-0.2, -0.15) is 0 Å². The van der Waals surface area contributed by atoms with E-state index >= 15 is 0 Å². The van der Waals surface area contributed by atoms with Crippen LogP contribution in [0.25, 0.3) is 0 Å². The highest BCUT2D eigenvalue weighted by Crippen LogP contribution is 2.33. The second kappa shape index (κ2) is 4.01. The molecule has 0 unspecified atom stereocenters. The van der Waals surface area contributed by atoms with Crippen LogP contribution in [-0.4, -0.2) is 22.4 Å². The lowest BCUT2D eigenvalue weighted by Crippen LogP contribution is -2.23. The van der Waals surface area contributed by atoms with Crippen LogP contribution in [0.2, 0.25) is 0 Å². The smallest absolute Gasteiger partial charge is 0.294 e. The zero-order valence-electron chi connectivity index (χ0n) is 8.34. The number of nitrogens with zero attached hydrogens (tertiary/aromatic N) is 2. The predicted molar refractivity (Wildman–Crippen MR) is 65.0 cm³/mol. The molecule has 0 atom stereocenters. The summed E-state index contributed by atoms with van der Waals surface area (Å²) < 4.78 is 0. The van der Waals surface area contributed by atoms with Gasteiger partial charge in [-0.05, 0) is 12.1 Å². The van der Waals surface area contributed by atoms with Crippen molar-refractivity contribution in [1.29, 1.82) is 5.41 Å². The first kappa shape index (κ1) is 10.7. The van der Waals surface area contributed by atoms with Gasteiger partial charge in [0.15, 0.2) is 5.17 Å². The fraction of sp³-hybridized carbons (Fsp3) is 0.222. The summed E-state index contributed by atoms with van der Waals surface area (Å²) in [7, 11) is 0. The van der Waals surface area contributed by atoms with Gasteiger partial charge in [0, 0.05) is 24.1 Å². The van der Waals surface area contributed by atoms with Crippen molar-refractivity contribution in [2.24, 2.45) is 0 Å². The van der Waals surface area contributed by atoms with E-state index in [9.17, 15) is 10.1 Å². The Balaban J connectivity index is 2.47. The highest BCUT2D eigenvalue weighted by atomic mass is 32.2. The summed E-state index contributed by atoms with van der Waals surface area (Å²) in [4.78, 5) is 12.0. The minimum absolute atomic E-state index is 0.0488. The molecule has 2 rings (SSSR count). The minimum Gasteiger partial charge on any atom is -0.399 e. The molecule has 0 radical (unpaired) electrons. The average Bonchev–Trinajstić information content (AvgIpc) is 2.64. The number of thioether (sulfide) groups is 1. The molecule has 0 spiro atoms. The number of nitrogen functional groups attached to an aromatic ring is 1. The van der Waals surface area contributed by atoms with Crippen molar-refractivity contribution in [2.45, 2.75) is 0 Å². The molecule has 0 saturated carbocycles. The van der Waals surface area contributed by atoms with Crippen LogP contribution >= 0.6 is 11.8 Å². The highest BCUT2D eigenvalue weighted by molar-refractivity contribution is 8.14. The standard InChI is InChI=1S/C9H10N4O2S/c10-6-1-2-7(8(5-6)13(14)15)12-3-4-16-9(12)11/h1-2,5,11H,3-4,10H2. The van der Waals surface area contributed by atoms with Gasteiger partial charge >= 0.3 is 0 Å². The molecule has 0 aromatic heterocycles. The Kier molecular flexibility index (Phi) is 2.69. The molecule has 0 amide bonds. The van der Waals surface area contributed by atoms with E-state index in [-0.39, 0.29) is 5.69 Å². The van der Waals surface area contributed by atoms with Gasteiger partial charge in [0.1, 0.15) is 5.69 Å². The lowest BCUT2D eigenvalue weighted by Gasteiger charge is -2.16. The van der Waals surface area contributed by atoms with Crippen LogP contribution in [0.5, 0.6) is 0 Å². The van der Waals surface area contributed by atoms with Crippen LogP contribution in [0.15, 0.2) is 18.2 Å². The number of nitrogens with one attached hydrogen (secondary N) is 1. The Labute approximate surface area is 96.1 Å². The molecule has 1 fully saturated rings. The van der Waals surface area contributed by atoms with Crippen molar-refractivity contribution in [3.8, 4) is 0 Å². The second-order valence-electron chi connectivity index (χ2n) is 3.31. The van der Waals surface area contributed by atoms with E-state index in [1.807, 2.05) is 0 Å². The number of nitro benzene ring substituents is 1. The molecule has 6 nitrogen and oxygen atoms in total. The van der Waals surface area contributed by atoms with Crippen molar-refractivity contribution < 1.29 is 4.92 Å². The zero-order chi connectivity index (χ0) is 11.7. The molecule has 1 aliphatic rings. The Morgan fingerprint density at radius 3 is 2.88 bits per heavy atom. The monoisotopic (exact) mass is 238 g/mol. The van der Waals surface area contributed by atoms with Gasteiger partial charge in [-0.15, -0.1) is 0 Å². The number of benzene rings is 1. The van der Waals surface area contributed by atoms with Crippen molar-refractivity contribution >= 4 is 34.0 Å². The van der Waals surface area contributed by atoms with Gasteiger partial charge in [-0.3, -0.25) is 15.5 Å². The highest BCUT2D eigenvalue weighted by Gasteiger charge is 2.26. The largest absolute Gasteiger partial charge is 0.399 e. The van der Waals surface area contributed by atoms with E-state index in [4.69, 9.17) is 11.1 Å². The van der Waals surface area contributed by atoms with Gasteiger partial charge in [0.05, 0.1) is 4.92 Å². The first-order valence-electron chi connectivity index (χ1n) is 4.62. The first-order chi connectivity index (χ1) is 7.59. The first-order valence-corrected chi connectivity index (χ1v) is 5.61. The number of anilines is 2. The Morgan fingerprint density at radius 1 is 1.56 bits per heavy atom. The quantitative estimate of drug-likeness (QED) is 0.464. The van der Waals surface area contributed by atoms with Crippen molar-refractivity contribution in [2.75, 3.05) is 22.9 Å². The number of hydrogen-bond acceptors (Lipinski definition) is 5. The van der Waals surface area contributed by atoms with Gasteiger partial charge in [-0.25, -0.2) is 0 Å². The Morgan fingerprint density at radius 2 is 2.31 bits per heavy atom. The third-order valence-electron chi connectivity index (χ3n) is 2.29. The maximum atomic E-state index is 10.9. The summed E-state index contributed by atoms with van der Waals surface area (Å²) in [5.74, 6) is 0.778. The van der Waals surface area contributed by atoms with Crippen molar-refractivity contribution in [3.05, 3.63) is 28.3 Å². The summed E-state index contributed by atoms with van der Waals surface area (Å²) in [6, 6.07) is 4.53. The molecule has 1 aliphatic heterocycles. The maximum Gasteiger partial charge on any atom is 0.294 e. The lowest BCUT2D eigenvalue weighted by molar-refractivity contribution is -0.384. The third kappa shape index (κ3) is 1.81.